The number of anilines is 1. The van der Waals surface area contributed by atoms with Crippen molar-refractivity contribution in [1.29, 1.82) is 0 Å². The van der Waals surface area contributed by atoms with Gasteiger partial charge in [0.15, 0.2) is 0 Å². The average Bonchev–Trinajstić information content (AvgIpc) is 2.29. The standard InChI is InChI=1S/C14H19ClN2O2/c1-5-17(12-8-6-11(15)7-9-12)16-10-13(18)19-14(2,3)4/h6-10H,5H2,1-4H3/b16-10-. The number of hydrazone groups is 1. The lowest BCUT2D eigenvalue weighted by Gasteiger charge is -2.19. The maximum absolute atomic E-state index is 11.5. The molecule has 0 fully saturated rings. The molecule has 0 unspecified atom stereocenters. The predicted octanol–water partition coefficient (Wildman–Crippen LogP) is 3.49. The van der Waals surface area contributed by atoms with Crippen molar-refractivity contribution < 1.29 is 9.53 Å². The molecule has 0 saturated carbocycles. The van der Waals surface area contributed by atoms with Gasteiger partial charge in [-0.15, -0.1) is 0 Å². The van der Waals surface area contributed by atoms with E-state index in [0.717, 1.165) is 5.69 Å². The van der Waals surface area contributed by atoms with Gasteiger partial charge in [0.2, 0.25) is 0 Å². The van der Waals surface area contributed by atoms with Crippen LogP contribution < -0.4 is 5.01 Å². The third-order valence-corrected chi connectivity index (χ3v) is 2.39. The molecule has 0 aliphatic rings. The second-order valence-electron chi connectivity index (χ2n) is 4.97. The highest BCUT2D eigenvalue weighted by Crippen LogP contribution is 2.17. The van der Waals surface area contributed by atoms with Gasteiger partial charge in [0.25, 0.3) is 0 Å². The SMILES string of the molecule is CCN(/N=C\C(=O)OC(C)(C)C)c1ccc(Cl)cc1. The van der Waals surface area contributed by atoms with Gasteiger partial charge in [0.05, 0.1) is 5.69 Å². The molecule has 0 saturated heterocycles. The number of hydrogen-bond donors (Lipinski definition) is 0. The lowest BCUT2D eigenvalue weighted by atomic mass is 10.2. The number of benzene rings is 1. The molecular formula is C14H19ClN2O2. The van der Waals surface area contributed by atoms with E-state index >= 15 is 0 Å². The maximum atomic E-state index is 11.5. The Hall–Kier alpha value is -1.55. The number of hydrogen-bond acceptors (Lipinski definition) is 4. The Morgan fingerprint density at radius 1 is 1.37 bits per heavy atom. The van der Waals surface area contributed by atoms with Gasteiger partial charge in [0.1, 0.15) is 11.8 Å². The minimum absolute atomic E-state index is 0.458. The van der Waals surface area contributed by atoms with Gasteiger partial charge in [-0.25, -0.2) is 4.79 Å². The van der Waals surface area contributed by atoms with Crippen molar-refractivity contribution in [2.75, 3.05) is 11.6 Å². The fourth-order valence-electron chi connectivity index (χ4n) is 1.39. The van der Waals surface area contributed by atoms with E-state index in [2.05, 4.69) is 5.10 Å². The molecule has 0 aliphatic heterocycles. The molecule has 0 heterocycles. The van der Waals surface area contributed by atoms with Gasteiger partial charge in [-0.2, -0.15) is 5.10 Å². The van der Waals surface area contributed by atoms with E-state index in [1.54, 1.807) is 17.1 Å². The van der Waals surface area contributed by atoms with Crippen LogP contribution in [0.25, 0.3) is 0 Å². The Bertz CT molecular complexity index is 450. The number of rotatable bonds is 4. The van der Waals surface area contributed by atoms with Crippen molar-refractivity contribution in [3.05, 3.63) is 29.3 Å². The lowest BCUT2D eigenvalue weighted by Crippen LogP contribution is -2.25. The van der Waals surface area contributed by atoms with Crippen LogP contribution in [0.1, 0.15) is 27.7 Å². The zero-order valence-electron chi connectivity index (χ0n) is 11.7. The first kappa shape index (κ1) is 15.5. The minimum atomic E-state index is -0.513. The van der Waals surface area contributed by atoms with Crippen LogP contribution in [0.3, 0.4) is 0 Å². The number of nitrogens with zero attached hydrogens (tertiary/aromatic N) is 2. The van der Waals surface area contributed by atoms with Crippen LogP contribution in [-0.4, -0.2) is 24.3 Å². The summed E-state index contributed by atoms with van der Waals surface area (Å²) in [6, 6.07) is 7.25. The van der Waals surface area contributed by atoms with Crippen molar-refractivity contribution in [2.45, 2.75) is 33.3 Å². The maximum Gasteiger partial charge on any atom is 0.351 e. The topological polar surface area (TPSA) is 41.9 Å². The largest absolute Gasteiger partial charge is 0.456 e. The summed E-state index contributed by atoms with van der Waals surface area (Å²) >= 11 is 5.83. The van der Waals surface area contributed by atoms with E-state index in [-0.39, 0.29) is 0 Å². The predicted molar refractivity (Wildman–Crippen MR) is 78.8 cm³/mol. The van der Waals surface area contributed by atoms with Crippen molar-refractivity contribution in [1.82, 2.24) is 0 Å². The van der Waals surface area contributed by atoms with E-state index < -0.39 is 11.6 Å². The van der Waals surface area contributed by atoms with Gasteiger partial charge in [-0.3, -0.25) is 5.01 Å². The molecule has 0 radical (unpaired) electrons. The molecule has 4 nitrogen and oxygen atoms in total. The van der Waals surface area contributed by atoms with E-state index in [0.29, 0.717) is 11.6 Å². The summed E-state index contributed by atoms with van der Waals surface area (Å²) in [6.45, 7) is 8.03. The molecule has 0 atom stereocenters. The van der Waals surface area contributed by atoms with Gasteiger partial charge in [-0.1, -0.05) is 11.6 Å². The minimum Gasteiger partial charge on any atom is -0.456 e. The molecule has 0 amide bonds. The van der Waals surface area contributed by atoms with Crippen LogP contribution in [0, 0.1) is 0 Å². The number of carbonyl (C=O) groups excluding carboxylic acids is 1. The molecule has 0 aliphatic carbocycles. The molecule has 1 aromatic rings. The van der Waals surface area contributed by atoms with E-state index in [9.17, 15) is 4.79 Å². The summed E-state index contributed by atoms with van der Waals surface area (Å²) in [7, 11) is 0. The summed E-state index contributed by atoms with van der Waals surface area (Å²) in [5.74, 6) is -0.458. The van der Waals surface area contributed by atoms with Crippen molar-refractivity contribution in [3.8, 4) is 0 Å². The molecule has 1 aromatic carbocycles. The Kier molecular flexibility index (Phi) is 5.36. The zero-order valence-corrected chi connectivity index (χ0v) is 12.4. The second-order valence-corrected chi connectivity index (χ2v) is 5.41. The zero-order chi connectivity index (χ0) is 14.5. The Morgan fingerprint density at radius 2 is 1.95 bits per heavy atom. The van der Waals surface area contributed by atoms with Crippen LogP contribution in [-0.2, 0) is 9.53 Å². The van der Waals surface area contributed by atoms with Gasteiger partial charge in [-0.05, 0) is 52.0 Å². The Morgan fingerprint density at radius 3 is 2.42 bits per heavy atom. The van der Waals surface area contributed by atoms with Gasteiger partial charge >= 0.3 is 5.97 Å². The fourth-order valence-corrected chi connectivity index (χ4v) is 1.52. The smallest absolute Gasteiger partial charge is 0.351 e. The molecule has 0 N–H and O–H groups in total. The highest BCUT2D eigenvalue weighted by Gasteiger charge is 2.14. The molecule has 0 aromatic heterocycles. The van der Waals surface area contributed by atoms with Gasteiger partial charge < -0.3 is 4.74 Å². The van der Waals surface area contributed by atoms with Crippen LogP contribution >= 0.6 is 11.6 Å². The Labute approximate surface area is 119 Å². The van der Waals surface area contributed by atoms with Crippen LogP contribution in [0.15, 0.2) is 29.4 Å². The number of carbonyl (C=O) groups is 1. The summed E-state index contributed by atoms with van der Waals surface area (Å²) < 4.78 is 5.15. The monoisotopic (exact) mass is 282 g/mol. The molecule has 0 bridgehead atoms. The molecule has 5 heteroatoms. The number of ether oxygens (including phenoxy) is 1. The summed E-state index contributed by atoms with van der Waals surface area (Å²) in [4.78, 5) is 11.5. The third kappa shape index (κ3) is 5.75. The summed E-state index contributed by atoms with van der Waals surface area (Å²) in [6.07, 6.45) is 1.18. The van der Waals surface area contributed by atoms with Crippen molar-refractivity contribution >= 4 is 29.5 Å². The first-order chi connectivity index (χ1) is 8.81. The molecular weight excluding hydrogens is 264 g/mol. The van der Waals surface area contributed by atoms with Crippen LogP contribution in [0.5, 0.6) is 0 Å². The summed E-state index contributed by atoms with van der Waals surface area (Å²) in [5.41, 5.74) is 0.354. The molecule has 1 rings (SSSR count). The van der Waals surface area contributed by atoms with E-state index in [4.69, 9.17) is 16.3 Å². The fraction of sp³-hybridized carbons (Fsp3) is 0.429. The normalized spacial score (nSPS) is 11.6. The lowest BCUT2D eigenvalue weighted by molar-refractivity contribution is -0.145. The van der Waals surface area contributed by atoms with Crippen LogP contribution in [0.4, 0.5) is 5.69 Å². The number of halogens is 1. The van der Waals surface area contributed by atoms with E-state index in [1.165, 1.54) is 6.21 Å². The highest BCUT2D eigenvalue weighted by atomic mass is 35.5. The molecule has 19 heavy (non-hydrogen) atoms. The average molecular weight is 283 g/mol. The van der Waals surface area contributed by atoms with Crippen LogP contribution in [0.2, 0.25) is 5.02 Å². The third-order valence-electron chi connectivity index (χ3n) is 2.13. The van der Waals surface area contributed by atoms with Gasteiger partial charge in [0, 0.05) is 11.6 Å². The van der Waals surface area contributed by atoms with Crippen molar-refractivity contribution in [3.63, 3.8) is 0 Å². The molecule has 104 valence electrons. The number of esters is 1. The summed E-state index contributed by atoms with van der Waals surface area (Å²) in [5, 5.41) is 6.47. The second kappa shape index (κ2) is 6.57. The first-order valence-corrected chi connectivity index (χ1v) is 6.49. The first-order valence-electron chi connectivity index (χ1n) is 6.12. The molecule has 0 spiro atoms. The quantitative estimate of drug-likeness (QED) is 0.482. The Balaban J connectivity index is 2.71. The van der Waals surface area contributed by atoms with Crippen molar-refractivity contribution in [2.24, 2.45) is 5.10 Å². The highest BCUT2D eigenvalue weighted by molar-refractivity contribution is 6.30. The van der Waals surface area contributed by atoms with E-state index in [1.807, 2.05) is 39.8 Å².